The van der Waals surface area contributed by atoms with E-state index in [1.807, 2.05) is 58.0 Å². The smallest absolute Gasteiger partial charge is 0.264 e. The Balaban J connectivity index is 1.85. The summed E-state index contributed by atoms with van der Waals surface area (Å²) in [5.41, 5.74) is 1.94. The molecule has 0 aliphatic carbocycles. The molecule has 4 aromatic carbocycles. The minimum atomic E-state index is -4.31. The third-order valence-electron chi connectivity index (χ3n) is 7.44. The van der Waals surface area contributed by atoms with Crippen LogP contribution in [0.4, 0.5) is 5.69 Å². The maximum Gasteiger partial charge on any atom is 0.264 e. The normalized spacial score (nSPS) is 12.2. The van der Waals surface area contributed by atoms with Crippen molar-refractivity contribution in [2.45, 2.75) is 57.1 Å². The Morgan fingerprint density at radius 3 is 2.19 bits per heavy atom. The number of ether oxygens (including phenoxy) is 1. The van der Waals surface area contributed by atoms with Crippen molar-refractivity contribution in [1.29, 1.82) is 0 Å². The van der Waals surface area contributed by atoms with Gasteiger partial charge in [0.25, 0.3) is 10.0 Å². The van der Waals surface area contributed by atoms with Crippen LogP contribution in [0.2, 0.25) is 10.0 Å². The number of rotatable bonds is 12. The number of benzene rings is 4. The van der Waals surface area contributed by atoms with Gasteiger partial charge in [-0.05, 0) is 97.2 Å². The first-order chi connectivity index (χ1) is 22.6. The quantitative estimate of drug-likeness (QED) is 0.158. The maximum atomic E-state index is 14.7. The van der Waals surface area contributed by atoms with Gasteiger partial charge in [0.2, 0.25) is 11.8 Å². The molecule has 0 heterocycles. The molecule has 48 heavy (non-hydrogen) atoms. The summed E-state index contributed by atoms with van der Waals surface area (Å²) in [5, 5.41) is 3.73. The molecule has 2 amide bonds. The van der Waals surface area contributed by atoms with Crippen LogP contribution < -0.4 is 14.4 Å². The zero-order valence-corrected chi connectivity index (χ0v) is 31.3. The predicted molar refractivity (Wildman–Crippen MR) is 195 cm³/mol. The monoisotopic (exact) mass is 773 g/mol. The average molecular weight is 776 g/mol. The minimum absolute atomic E-state index is 0.0536. The molecule has 1 N–H and O–H groups in total. The van der Waals surface area contributed by atoms with Crippen molar-refractivity contribution in [1.82, 2.24) is 10.2 Å². The molecule has 0 fully saturated rings. The van der Waals surface area contributed by atoms with Gasteiger partial charge in [0.15, 0.2) is 0 Å². The highest BCUT2D eigenvalue weighted by atomic mass is 79.9. The molecular weight excluding hydrogens is 737 g/mol. The fourth-order valence-corrected chi connectivity index (χ4v) is 7.62. The number of anilines is 1. The number of carbonyl (C=O) groups excluding carboxylic acids is 2. The van der Waals surface area contributed by atoms with Gasteiger partial charge in [0.1, 0.15) is 18.3 Å². The summed E-state index contributed by atoms with van der Waals surface area (Å²) < 4.78 is 35.5. The van der Waals surface area contributed by atoms with Crippen LogP contribution in [0.1, 0.15) is 37.5 Å². The Bertz CT molecular complexity index is 1870. The molecule has 4 aromatic rings. The summed E-state index contributed by atoms with van der Waals surface area (Å²) in [4.78, 5) is 30.0. The standard InChI is InChI=1S/C36H38BrCl2N3O5S/c1-24-11-15-28(16-12-24)42(48(45,46)29-17-18-33(47-5)30(37)21-29)23-34(43)41(22-26-13-14-27(38)20-31(26)39)32(35(44)40-36(2,3)4)19-25-9-7-6-8-10-25/h6-18,20-21,32H,19,22-23H2,1-5H3,(H,40,44)/t32-/m1/s1. The highest BCUT2D eigenvalue weighted by Gasteiger charge is 2.36. The van der Waals surface area contributed by atoms with Crippen LogP contribution in [0.3, 0.4) is 0 Å². The summed E-state index contributed by atoms with van der Waals surface area (Å²) in [5.74, 6) is -0.553. The van der Waals surface area contributed by atoms with Crippen molar-refractivity contribution >= 4 is 66.7 Å². The van der Waals surface area contributed by atoms with Gasteiger partial charge in [-0.25, -0.2) is 8.42 Å². The van der Waals surface area contributed by atoms with E-state index in [-0.39, 0.29) is 23.5 Å². The Morgan fingerprint density at radius 2 is 1.60 bits per heavy atom. The van der Waals surface area contributed by atoms with Crippen LogP contribution in [0, 0.1) is 6.92 Å². The zero-order valence-electron chi connectivity index (χ0n) is 27.3. The topological polar surface area (TPSA) is 96.0 Å². The van der Waals surface area contributed by atoms with E-state index in [0.29, 0.717) is 25.8 Å². The lowest BCUT2D eigenvalue weighted by Gasteiger charge is -2.35. The maximum absolute atomic E-state index is 14.7. The Morgan fingerprint density at radius 1 is 0.938 bits per heavy atom. The van der Waals surface area contributed by atoms with Gasteiger partial charge >= 0.3 is 0 Å². The van der Waals surface area contributed by atoms with Crippen molar-refractivity contribution in [3.05, 3.63) is 122 Å². The second-order valence-electron chi connectivity index (χ2n) is 12.3. The fourth-order valence-electron chi connectivity index (χ4n) is 5.01. The zero-order chi connectivity index (χ0) is 35.2. The van der Waals surface area contributed by atoms with Gasteiger partial charge < -0.3 is 15.0 Å². The van der Waals surface area contributed by atoms with E-state index in [2.05, 4.69) is 21.2 Å². The van der Waals surface area contributed by atoms with E-state index in [1.54, 1.807) is 42.5 Å². The Hall–Kier alpha value is -3.57. The number of carbonyl (C=O) groups is 2. The fraction of sp³-hybridized carbons (Fsp3) is 0.278. The molecule has 1 atom stereocenters. The third kappa shape index (κ3) is 9.53. The number of halogens is 3. The first kappa shape index (κ1) is 37.3. The molecule has 0 spiro atoms. The highest BCUT2D eigenvalue weighted by Crippen LogP contribution is 2.32. The number of methoxy groups -OCH3 is 1. The minimum Gasteiger partial charge on any atom is -0.496 e. The average Bonchev–Trinajstić information content (AvgIpc) is 3.02. The van der Waals surface area contributed by atoms with Crippen LogP contribution in [0.15, 0.2) is 100 Å². The lowest BCUT2D eigenvalue weighted by Crippen LogP contribution is -2.56. The number of hydrogen-bond donors (Lipinski definition) is 1. The Kier molecular flexibility index (Phi) is 12.2. The number of sulfonamides is 1. The molecular formula is C36H38BrCl2N3O5S. The molecule has 12 heteroatoms. The summed E-state index contributed by atoms with van der Waals surface area (Å²) in [7, 11) is -2.83. The van der Waals surface area contributed by atoms with Gasteiger partial charge in [-0.2, -0.15) is 0 Å². The van der Waals surface area contributed by atoms with E-state index < -0.39 is 40.0 Å². The van der Waals surface area contributed by atoms with Crippen LogP contribution >= 0.6 is 39.1 Å². The van der Waals surface area contributed by atoms with Crippen molar-refractivity contribution in [3.63, 3.8) is 0 Å². The van der Waals surface area contributed by atoms with Gasteiger partial charge in [-0.1, -0.05) is 77.3 Å². The van der Waals surface area contributed by atoms with E-state index >= 15 is 0 Å². The largest absolute Gasteiger partial charge is 0.496 e. The Labute approximate surface area is 301 Å². The molecule has 0 aliphatic rings. The molecule has 0 saturated carbocycles. The second-order valence-corrected chi connectivity index (χ2v) is 15.9. The van der Waals surface area contributed by atoms with Crippen LogP contribution in [-0.4, -0.2) is 50.4 Å². The molecule has 0 radical (unpaired) electrons. The van der Waals surface area contributed by atoms with Crippen LogP contribution in [0.25, 0.3) is 0 Å². The van der Waals surface area contributed by atoms with E-state index in [0.717, 1.165) is 15.4 Å². The molecule has 0 unspecified atom stereocenters. The van der Waals surface area contributed by atoms with Gasteiger partial charge in [0.05, 0.1) is 22.2 Å². The lowest BCUT2D eigenvalue weighted by molar-refractivity contribution is -0.140. The molecule has 0 aromatic heterocycles. The molecule has 0 aliphatic heterocycles. The first-order valence-electron chi connectivity index (χ1n) is 15.1. The number of aryl methyl sites for hydroxylation is 1. The number of nitrogens with zero attached hydrogens (tertiary/aromatic N) is 2. The van der Waals surface area contributed by atoms with Crippen molar-refractivity contribution < 1.29 is 22.7 Å². The van der Waals surface area contributed by atoms with E-state index in [9.17, 15) is 18.0 Å². The van der Waals surface area contributed by atoms with Crippen molar-refractivity contribution in [2.24, 2.45) is 0 Å². The molecule has 0 saturated heterocycles. The van der Waals surface area contributed by atoms with Gasteiger partial charge in [-0.15, -0.1) is 0 Å². The van der Waals surface area contributed by atoms with Crippen LogP contribution in [-0.2, 0) is 32.6 Å². The molecule has 8 nitrogen and oxygen atoms in total. The predicted octanol–water partition coefficient (Wildman–Crippen LogP) is 7.82. The number of amides is 2. The highest BCUT2D eigenvalue weighted by molar-refractivity contribution is 9.10. The molecule has 0 bridgehead atoms. The first-order valence-corrected chi connectivity index (χ1v) is 18.1. The lowest BCUT2D eigenvalue weighted by atomic mass is 10.0. The summed E-state index contributed by atoms with van der Waals surface area (Å²) in [6.07, 6.45) is 0.169. The number of nitrogens with one attached hydrogen (secondary N) is 1. The van der Waals surface area contributed by atoms with E-state index in [1.165, 1.54) is 30.2 Å². The van der Waals surface area contributed by atoms with Crippen LogP contribution in [0.5, 0.6) is 5.75 Å². The van der Waals surface area contributed by atoms with Crippen molar-refractivity contribution in [3.8, 4) is 5.75 Å². The molecule has 254 valence electrons. The van der Waals surface area contributed by atoms with E-state index in [4.69, 9.17) is 27.9 Å². The summed E-state index contributed by atoms with van der Waals surface area (Å²) in [6, 6.07) is 24.4. The molecule has 4 rings (SSSR count). The second kappa shape index (κ2) is 15.8. The number of hydrogen-bond acceptors (Lipinski definition) is 5. The summed E-state index contributed by atoms with van der Waals surface area (Å²) >= 11 is 16.2. The SMILES string of the molecule is COc1ccc(S(=O)(=O)N(CC(=O)N(Cc2ccc(Cl)cc2Cl)[C@H](Cc2ccccc2)C(=O)NC(C)(C)C)c2ccc(C)cc2)cc1Br. The third-order valence-corrected chi connectivity index (χ3v) is 10.4. The van der Waals surface area contributed by atoms with Gasteiger partial charge in [0, 0.05) is 28.5 Å². The van der Waals surface area contributed by atoms with Crippen molar-refractivity contribution in [2.75, 3.05) is 18.0 Å². The summed E-state index contributed by atoms with van der Waals surface area (Å²) in [6.45, 7) is 6.75. The van der Waals surface area contributed by atoms with Gasteiger partial charge in [-0.3, -0.25) is 13.9 Å².